The molecule has 0 aliphatic rings. The van der Waals surface area contributed by atoms with Crippen LogP contribution in [0.1, 0.15) is 41.9 Å². The van der Waals surface area contributed by atoms with E-state index in [1.807, 2.05) is 44.2 Å². The lowest BCUT2D eigenvalue weighted by molar-refractivity contribution is -0.122. The largest absolute Gasteiger partial charge is 0.368 e. The Morgan fingerprint density at radius 2 is 1.79 bits per heavy atom. The van der Waals surface area contributed by atoms with Crippen molar-refractivity contribution in [3.63, 3.8) is 0 Å². The van der Waals surface area contributed by atoms with Gasteiger partial charge in [-0.25, -0.2) is 14.1 Å². The van der Waals surface area contributed by atoms with Crippen molar-refractivity contribution in [2.24, 2.45) is 5.73 Å². The summed E-state index contributed by atoms with van der Waals surface area (Å²) in [7, 11) is 1.48. The molecule has 1 atom stereocenters. The minimum absolute atomic E-state index is 0.0207. The first-order valence-electron chi connectivity index (χ1n) is 10.5. The van der Waals surface area contributed by atoms with Crippen LogP contribution in [0.5, 0.6) is 0 Å². The number of fused-ring (bicyclic) bond motifs is 1. The Balaban J connectivity index is 1.87. The van der Waals surface area contributed by atoms with Crippen LogP contribution in [0.3, 0.4) is 0 Å². The highest BCUT2D eigenvalue weighted by molar-refractivity contribution is 6.07. The van der Waals surface area contributed by atoms with E-state index >= 15 is 0 Å². The van der Waals surface area contributed by atoms with Crippen LogP contribution in [0.2, 0.25) is 0 Å². The van der Waals surface area contributed by atoms with Gasteiger partial charge in [0.15, 0.2) is 5.65 Å². The summed E-state index contributed by atoms with van der Waals surface area (Å²) in [6.07, 6.45) is 1.60. The maximum atomic E-state index is 13.8. The fraction of sp³-hybridized carbons (Fsp3) is 0.200. The van der Waals surface area contributed by atoms with Crippen LogP contribution in [0.15, 0.2) is 66.9 Å². The van der Waals surface area contributed by atoms with Crippen molar-refractivity contribution in [3.8, 4) is 11.3 Å². The zero-order chi connectivity index (χ0) is 23.7. The van der Waals surface area contributed by atoms with Crippen LogP contribution in [-0.4, -0.2) is 38.5 Å². The molecule has 4 rings (SSSR count). The molecule has 2 amide bonds. The second-order valence-corrected chi connectivity index (χ2v) is 8.12. The molecule has 0 aliphatic heterocycles. The second-order valence-electron chi connectivity index (χ2n) is 8.12. The number of halogens is 1. The van der Waals surface area contributed by atoms with Gasteiger partial charge in [0.25, 0.3) is 5.91 Å². The van der Waals surface area contributed by atoms with Gasteiger partial charge in [-0.15, -0.1) is 0 Å². The molecule has 2 aromatic carbocycles. The third-order valence-corrected chi connectivity index (χ3v) is 5.50. The number of amides is 2. The number of nitrogens with zero attached hydrogens (tertiary/aromatic N) is 4. The van der Waals surface area contributed by atoms with Crippen molar-refractivity contribution < 1.29 is 14.0 Å². The molecule has 0 bridgehead atoms. The summed E-state index contributed by atoms with van der Waals surface area (Å²) in [6, 6.07) is 15.6. The molecular formula is C25H24FN5O2. The highest BCUT2D eigenvalue weighted by Crippen LogP contribution is 2.29. The molecule has 33 heavy (non-hydrogen) atoms. The molecule has 0 saturated carbocycles. The van der Waals surface area contributed by atoms with E-state index in [0.717, 1.165) is 5.56 Å². The number of aromatic nitrogens is 3. The Hall–Kier alpha value is -4.07. The smallest absolute Gasteiger partial charge is 0.255 e. The van der Waals surface area contributed by atoms with Gasteiger partial charge in [-0.2, -0.15) is 5.10 Å². The third-order valence-electron chi connectivity index (χ3n) is 5.50. The number of nitrogens with two attached hydrogens (primary N) is 1. The van der Waals surface area contributed by atoms with Crippen LogP contribution < -0.4 is 5.73 Å². The number of pyridine rings is 1. The van der Waals surface area contributed by atoms with Crippen molar-refractivity contribution >= 4 is 22.8 Å². The van der Waals surface area contributed by atoms with Gasteiger partial charge in [0, 0.05) is 18.7 Å². The zero-order valence-electron chi connectivity index (χ0n) is 18.6. The summed E-state index contributed by atoms with van der Waals surface area (Å²) in [5.74, 6) is -1.73. The lowest BCUT2D eigenvalue weighted by Crippen LogP contribution is -2.39. The molecule has 0 saturated heterocycles. The fourth-order valence-corrected chi connectivity index (χ4v) is 3.89. The maximum absolute atomic E-state index is 13.8. The standard InChI is InChI=1S/C25H24FN5O2/c1-15(2)31-24-20(14-28-31)19(13-21(29-24)16-8-5-4-6-9-16)25(33)30(3)22(23(27)32)17-10-7-11-18(26)12-17/h4-15,22H,1-3H3,(H2,27,32). The highest BCUT2D eigenvalue weighted by atomic mass is 19.1. The number of likely N-dealkylation sites (N-methyl/N-ethyl adjacent to an activating group) is 1. The molecule has 8 heteroatoms. The van der Waals surface area contributed by atoms with Gasteiger partial charge in [-0.1, -0.05) is 42.5 Å². The van der Waals surface area contributed by atoms with Crippen LogP contribution >= 0.6 is 0 Å². The Labute approximate surface area is 190 Å². The quantitative estimate of drug-likeness (QED) is 0.483. The van der Waals surface area contributed by atoms with Crippen LogP contribution in [0.4, 0.5) is 4.39 Å². The molecule has 2 heterocycles. The molecule has 0 radical (unpaired) electrons. The van der Waals surface area contributed by atoms with E-state index in [1.54, 1.807) is 23.0 Å². The number of carbonyl (C=O) groups is 2. The van der Waals surface area contributed by atoms with E-state index in [9.17, 15) is 14.0 Å². The average Bonchev–Trinajstić information content (AvgIpc) is 3.23. The molecule has 0 fully saturated rings. The normalized spacial score (nSPS) is 12.2. The summed E-state index contributed by atoms with van der Waals surface area (Å²) in [4.78, 5) is 32.0. The van der Waals surface area contributed by atoms with Gasteiger partial charge in [-0.05, 0) is 37.6 Å². The Bertz CT molecular complexity index is 1330. The van der Waals surface area contributed by atoms with Crippen molar-refractivity contribution in [1.82, 2.24) is 19.7 Å². The van der Waals surface area contributed by atoms with Crippen molar-refractivity contribution in [2.45, 2.75) is 25.9 Å². The number of rotatable bonds is 6. The van der Waals surface area contributed by atoms with E-state index in [-0.39, 0.29) is 6.04 Å². The number of hydrogen-bond donors (Lipinski definition) is 1. The van der Waals surface area contributed by atoms with E-state index < -0.39 is 23.7 Å². The Morgan fingerprint density at radius 3 is 2.42 bits per heavy atom. The Kier molecular flexibility index (Phi) is 5.91. The lowest BCUT2D eigenvalue weighted by atomic mass is 10.0. The predicted octanol–water partition coefficient (Wildman–Crippen LogP) is 4.12. The van der Waals surface area contributed by atoms with E-state index in [0.29, 0.717) is 27.9 Å². The fourth-order valence-electron chi connectivity index (χ4n) is 3.89. The topological polar surface area (TPSA) is 94.1 Å². The van der Waals surface area contributed by atoms with Crippen LogP contribution in [0, 0.1) is 5.82 Å². The van der Waals surface area contributed by atoms with Gasteiger partial charge < -0.3 is 10.6 Å². The summed E-state index contributed by atoms with van der Waals surface area (Å²) in [5.41, 5.74) is 8.25. The van der Waals surface area contributed by atoms with E-state index in [1.165, 1.54) is 30.1 Å². The van der Waals surface area contributed by atoms with Gasteiger partial charge in [0.05, 0.1) is 22.8 Å². The zero-order valence-corrected chi connectivity index (χ0v) is 18.6. The van der Waals surface area contributed by atoms with Gasteiger partial charge >= 0.3 is 0 Å². The minimum Gasteiger partial charge on any atom is -0.368 e. The van der Waals surface area contributed by atoms with E-state index in [4.69, 9.17) is 10.7 Å². The van der Waals surface area contributed by atoms with Crippen molar-refractivity contribution in [1.29, 1.82) is 0 Å². The van der Waals surface area contributed by atoms with Gasteiger partial charge in [0.2, 0.25) is 5.91 Å². The van der Waals surface area contributed by atoms with Crippen molar-refractivity contribution in [2.75, 3.05) is 7.05 Å². The van der Waals surface area contributed by atoms with Gasteiger partial charge in [-0.3, -0.25) is 9.59 Å². The molecule has 7 nitrogen and oxygen atoms in total. The summed E-state index contributed by atoms with van der Waals surface area (Å²) < 4.78 is 15.6. The average molecular weight is 445 g/mol. The molecule has 168 valence electrons. The first kappa shape index (κ1) is 22.1. The number of benzene rings is 2. The molecule has 1 unspecified atom stereocenters. The summed E-state index contributed by atoms with van der Waals surface area (Å²) in [6.45, 7) is 3.95. The lowest BCUT2D eigenvalue weighted by Gasteiger charge is -2.26. The van der Waals surface area contributed by atoms with Crippen molar-refractivity contribution in [3.05, 3.63) is 83.8 Å². The van der Waals surface area contributed by atoms with Gasteiger partial charge in [0.1, 0.15) is 11.9 Å². The molecule has 4 aromatic rings. The number of hydrogen-bond acceptors (Lipinski definition) is 4. The summed E-state index contributed by atoms with van der Waals surface area (Å²) >= 11 is 0. The van der Waals surface area contributed by atoms with Crippen LogP contribution in [0.25, 0.3) is 22.3 Å². The Morgan fingerprint density at radius 1 is 1.06 bits per heavy atom. The maximum Gasteiger partial charge on any atom is 0.255 e. The molecule has 0 aliphatic carbocycles. The van der Waals surface area contributed by atoms with Crippen LogP contribution in [-0.2, 0) is 4.79 Å². The first-order valence-corrected chi connectivity index (χ1v) is 10.5. The molecule has 0 spiro atoms. The first-order chi connectivity index (χ1) is 15.8. The summed E-state index contributed by atoms with van der Waals surface area (Å²) in [5, 5.41) is 4.98. The minimum atomic E-state index is -1.14. The number of primary amides is 1. The molecule has 2 aromatic heterocycles. The predicted molar refractivity (Wildman–Crippen MR) is 124 cm³/mol. The number of carbonyl (C=O) groups excluding carboxylic acids is 2. The third kappa shape index (κ3) is 4.19. The highest BCUT2D eigenvalue weighted by Gasteiger charge is 2.30. The monoisotopic (exact) mass is 445 g/mol. The molecule has 2 N–H and O–H groups in total. The SMILES string of the molecule is CC(C)n1ncc2c(C(=O)N(C)C(C(N)=O)c3cccc(F)c3)cc(-c3ccccc3)nc21. The molecular weight excluding hydrogens is 421 g/mol. The second kappa shape index (κ2) is 8.82. The van der Waals surface area contributed by atoms with E-state index in [2.05, 4.69) is 5.10 Å².